The molecule has 0 fully saturated rings. The quantitative estimate of drug-likeness (QED) is 0.475. The topological polar surface area (TPSA) is 72.2 Å². The molecule has 0 saturated heterocycles. The fraction of sp³-hybridized carbons (Fsp3) is 0. The van der Waals surface area contributed by atoms with Crippen molar-refractivity contribution in [3.63, 3.8) is 0 Å². The fourth-order valence-corrected chi connectivity index (χ4v) is 2.15. The zero-order chi connectivity index (χ0) is 16.1. The molecular formula is C15H10BrClN2O3. The third-order valence-corrected chi connectivity index (χ3v) is 3.97. The Kier molecular flexibility index (Phi) is 5.30. The van der Waals surface area contributed by atoms with Gasteiger partial charge in [0.2, 0.25) is 5.91 Å². The smallest absolute Gasteiger partial charge is 0.276 e. The van der Waals surface area contributed by atoms with Crippen LogP contribution in [0.15, 0.2) is 53.0 Å². The van der Waals surface area contributed by atoms with Gasteiger partial charge >= 0.3 is 0 Å². The number of nitrogens with zero attached hydrogens (tertiary/aromatic N) is 1. The van der Waals surface area contributed by atoms with E-state index in [1.165, 1.54) is 18.2 Å². The van der Waals surface area contributed by atoms with Crippen LogP contribution < -0.4 is 5.32 Å². The maximum atomic E-state index is 11.8. The van der Waals surface area contributed by atoms with Crippen LogP contribution in [0.3, 0.4) is 0 Å². The van der Waals surface area contributed by atoms with Crippen molar-refractivity contribution in [3.8, 4) is 0 Å². The lowest BCUT2D eigenvalue weighted by molar-refractivity contribution is -0.385. The number of hydrogen-bond donors (Lipinski definition) is 1. The number of hydrogen-bond acceptors (Lipinski definition) is 3. The summed E-state index contributed by atoms with van der Waals surface area (Å²) >= 11 is 9.19. The minimum Gasteiger partial charge on any atom is -0.322 e. The number of anilines is 1. The summed E-state index contributed by atoms with van der Waals surface area (Å²) in [5.74, 6) is -0.406. The molecule has 0 aliphatic carbocycles. The van der Waals surface area contributed by atoms with Crippen LogP contribution in [0.5, 0.6) is 0 Å². The molecule has 0 heterocycles. The molecule has 0 spiro atoms. The summed E-state index contributed by atoms with van der Waals surface area (Å²) in [5, 5.41) is 14.0. The standard InChI is InChI=1S/C15H10BrClN2O3/c16-12-7-6-11(9-13(12)17)18-15(20)8-5-10-3-1-2-4-14(10)19(21)22/h1-9H,(H,18,20)/b8-5+. The first-order chi connectivity index (χ1) is 10.5. The van der Waals surface area contributed by atoms with Gasteiger partial charge in [-0.2, -0.15) is 0 Å². The predicted molar refractivity (Wildman–Crippen MR) is 89.9 cm³/mol. The van der Waals surface area contributed by atoms with Gasteiger partial charge in [0.15, 0.2) is 0 Å². The van der Waals surface area contributed by atoms with Gasteiger partial charge in [-0.25, -0.2) is 0 Å². The van der Waals surface area contributed by atoms with Gasteiger partial charge in [0.25, 0.3) is 5.69 Å². The predicted octanol–water partition coefficient (Wildman–Crippen LogP) is 4.66. The van der Waals surface area contributed by atoms with Gasteiger partial charge in [0.05, 0.1) is 15.5 Å². The van der Waals surface area contributed by atoms with Crippen molar-refractivity contribution in [2.75, 3.05) is 5.32 Å². The number of benzene rings is 2. The molecule has 0 radical (unpaired) electrons. The first-order valence-electron chi connectivity index (χ1n) is 6.15. The molecule has 2 aromatic carbocycles. The second kappa shape index (κ2) is 7.20. The third kappa shape index (κ3) is 4.16. The van der Waals surface area contributed by atoms with Crippen LogP contribution in [0.2, 0.25) is 5.02 Å². The minimum absolute atomic E-state index is 0.0572. The lowest BCUT2D eigenvalue weighted by Crippen LogP contribution is -2.07. The van der Waals surface area contributed by atoms with E-state index in [4.69, 9.17) is 11.6 Å². The Hall–Kier alpha value is -2.18. The lowest BCUT2D eigenvalue weighted by Gasteiger charge is -2.03. The van der Waals surface area contributed by atoms with E-state index in [2.05, 4.69) is 21.2 Å². The minimum atomic E-state index is -0.494. The highest BCUT2D eigenvalue weighted by Crippen LogP contribution is 2.25. The van der Waals surface area contributed by atoms with Crippen molar-refractivity contribution in [2.45, 2.75) is 0 Å². The van der Waals surface area contributed by atoms with Gasteiger partial charge in [-0.1, -0.05) is 23.7 Å². The van der Waals surface area contributed by atoms with E-state index < -0.39 is 10.8 Å². The normalized spacial score (nSPS) is 10.6. The molecular weight excluding hydrogens is 372 g/mol. The van der Waals surface area contributed by atoms with Crippen LogP contribution in [0, 0.1) is 10.1 Å². The molecule has 5 nitrogen and oxygen atoms in total. The third-order valence-electron chi connectivity index (χ3n) is 2.73. The van der Waals surface area contributed by atoms with E-state index >= 15 is 0 Å². The molecule has 0 aliphatic heterocycles. The molecule has 1 amide bonds. The average molecular weight is 382 g/mol. The molecule has 7 heteroatoms. The van der Waals surface area contributed by atoms with E-state index in [1.54, 1.807) is 36.4 Å². The Balaban J connectivity index is 2.12. The highest BCUT2D eigenvalue weighted by atomic mass is 79.9. The Morgan fingerprint density at radius 1 is 1.27 bits per heavy atom. The van der Waals surface area contributed by atoms with Gasteiger partial charge in [0, 0.05) is 22.3 Å². The summed E-state index contributed by atoms with van der Waals surface area (Å²) in [7, 11) is 0. The Labute approximate surface area is 139 Å². The largest absolute Gasteiger partial charge is 0.322 e. The number of carbonyl (C=O) groups excluding carboxylic acids is 1. The number of amides is 1. The molecule has 2 aromatic rings. The van der Waals surface area contributed by atoms with E-state index in [0.717, 1.165) is 4.47 Å². The molecule has 1 N–H and O–H groups in total. The number of carbonyl (C=O) groups is 1. The maximum Gasteiger partial charge on any atom is 0.276 e. The highest BCUT2D eigenvalue weighted by Gasteiger charge is 2.09. The number of nitrogens with one attached hydrogen (secondary N) is 1. The molecule has 0 saturated carbocycles. The van der Waals surface area contributed by atoms with E-state index in [1.807, 2.05) is 0 Å². The second-order valence-corrected chi connectivity index (χ2v) is 5.53. The van der Waals surface area contributed by atoms with Gasteiger partial charge in [-0.15, -0.1) is 0 Å². The summed E-state index contributed by atoms with van der Waals surface area (Å²) < 4.78 is 0.725. The van der Waals surface area contributed by atoms with Crippen molar-refractivity contribution in [2.24, 2.45) is 0 Å². The zero-order valence-corrected chi connectivity index (χ0v) is 13.5. The maximum absolute atomic E-state index is 11.8. The summed E-state index contributed by atoms with van der Waals surface area (Å²) in [6.07, 6.45) is 2.63. The summed E-state index contributed by atoms with van der Waals surface area (Å²) in [6.45, 7) is 0. The molecule has 2 rings (SSSR count). The summed E-state index contributed by atoms with van der Waals surface area (Å²) in [5.41, 5.74) is 0.833. The summed E-state index contributed by atoms with van der Waals surface area (Å²) in [6, 6.07) is 11.2. The van der Waals surface area contributed by atoms with Crippen molar-refractivity contribution in [1.29, 1.82) is 0 Å². The second-order valence-electron chi connectivity index (χ2n) is 4.27. The first kappa shape index (κ1) is 16.2. The van der Waals surface area contributed by atoms with E-state index in [0.29, 0.717) is 16.3 Å². The van der Waals surface area contributed by atoms with Gasteiger partial charge in [-0.3, -0.25) is 14.9 Å². The van der Waals surface area contributed by atoms with Gasteiger partial charge < -0.3 is 5.32 Å². The van der Waals surface area contributed by atoms with Crippen LogP contribution in [-0.2, 0) is 4.79 Å². The molecule has 112 valence electrons. The molecule has 0 aromatic heterocycles. The number of para-hydroxylation sites is 1. The number of rotatable bonds is 4. The van der Waals surface area contributed by atoms with E-state index in [-0.39, 0.29) is 5.69 Å². The van der Waals surface area contributed by atoms with Crippen molar-refractivity contribution in [3.05, 3.63) is 73.7 Å². The first-order valence-corrected chi connectivity index (χ1v) is 7.32. The number of halogens is 2. The van der Waals surface area contributed by atoms with Gasteiger partial charge in [0.1, 0.15) is 0 Å². The molecule has 0 bridgehead atoms. The molecule has 0 aliphatic rings. The van der Waals surface area contributed by atoms with Crippen LogP contribution in [-0.4, -0.2) is 10.8 Å². The number of nitro benzene ring substituents is 1. The Morgan fingerprint density at radius 2 is 2.00 bits per heavy atom. The van der Waals surface area contributed by atoms with Crippen LogP contribution in [0.4, 0.5) is 11.4 Å². The van der Waals surface area contributed by atoms with Crippen molar-refractivity contribution in [1.82, 2.24) is 0 Å². The molecule has 22 heavy (non-hydrogen) atoms. The molecule has 0 unspecified atom stereocenters. The highest BCUT2D eigenvalue weighted by molar-refractivity contribution is 9.10. The van der Waals surface area contributed by atoms with Crippen LogP contribution in [0.1, 0.15) is 5.56 Å². The number of nitro groups is 1. The van der Waals surface area contributed by atoms with Crippen LogP contribution in [0.25, 0.3) is 6.08 Å². The van der Waals surface area contributed by atoms with E-state index in [9.17, 15) is 14.9 Å². The summed E-state index contributed by atoms with van der Waals surface area (Å²) in [4.78, 5) is 22.2. The average Bonchev–Trinajstić information content (AvgIpc) is 2.49. The Morgan fingerprint density at radius 3 is 2.68 bits per heavy atom. The molecule has 0 atom stereocenters. The zero-order valence-electron chi connectivity index (χ0n) is 11.1. The van der Waals surface area contributed by atoms with Crippen molar-refractivity contribution < 1.29 is 9.72 Å². The van der Waals surface area contributed by atoms with Gasteiger partial charge in [-0.05, 0) is 46.3 Å². The lowest BCUT2D eigenvalue weighted by atomic mass is 10.1. The Bertz CT molecular complexity index is 762. The fourth-order valence-electron chi connectivity index (χ4n) is 1.72. The monoisotopic (exact) mass is 380 g/mol. The van der Waals surface area contributed by atoms with Crippen LogP contribution >= 0.6 is 27.5 Å². The van der Waals surface area contributed by atoms with Crippen molar-refractivity contribution >= 4 is 50.9 Å². The SMILES string of the molecule is O=C(/C=C/c1ccccc1[N+](=O)[O-])Nc1ccc(Br)c(Cl)c1.